The molecule has 1 N–H and O–H groups in total. The van der Waals surface area contributed by atoms with E-state index >= 15 is 0 Å². The van der Waals surface area contributed by atoms with Gasteiger partial charge in [-0.05, 0) is 41.1 Å². The molecule has 0 saturated carbocycles. The van der Waals surface area contributed by atoms with Gasteiger partial charge in [0.15, 0.2) is 0 Å². The molecule has 6 heteroatoms. The van der Waals surface area contributed by atoms with Gasteiger partial charge in [0, 0.05) is 11.8 Å². The van der Waals surface area contributed by atoms with Crippen LogP contribution in [0.15, 0.2) is 47.1 Å². The molecule has 2 aromatic carbocycles. The molecule has 0 aliphatic rings. The van der Waals surface area contributed by atoms with Gasteiger partial charge in [-0.15, -0.1) is 0 Å². The van der Waals surface area contributed by atoms with Crippen molar-refractivity contribution >= 4 is 44.1 Å². The van der Waals surface area contributed by atoms with E-state index in [0.717, 1.165) is 0 Å². The molecule has 2 nitrogen and oxygen atoms in total. The highest BCUT2D eigenvalue weighted by Crippen LogP contribution is 2.36. The van der Waals surface area contributed by atoms with Crippen LogP contribution in [0.2, 0.25) is 5.02 Å². The maximum Gasteiger partial charge on any atom is 0.148 e. The van der Waals surface area contributed by atoms with Crippen molar-refractivity contribution < 1.29 is 8.78 Å². The summed E-state index contributed by atoms with van der Waals surface area (Å²) in [4.78, 5) is 4.13. The predicted molar refractivity (Wildman–Crippen MR) is 92.8 cm³/mol. The first-order chi connectivity index (χ1) is 11.0. The monoisotopic (exact) mass is 396 g/mol. The third kappa shape index (κ3) is 3.03. The maximum atomic E-state index is 14.5. The number of benzene rings is 2. The average molecular weight is 398 g/mol. The fourth-order valence-corrected chi connectivity index (χ4v) is 2.99. The van der Waals surface area contributed by atoms with E-state index in [1.165, 1.54) is 12.3 Å². The third-order valence-electron chi connectivity index (χ3n) is 3.61. The zero-order valence-electron chi connectivity index (χ0n) is 12.1. The van der Waals surface area contributed by atoms with E-state index in [1.807, 2.05) is 0 Å². The second-order valence-electron chi connectivity index (χ2n) is 5.12. The number of pyridine rings is 1. The van der Waals surface area contributed by atoms with Crippen molar-refractivity contribution in [3.8, 4) is 0 Å². The van der Waals surface area contributed by atoms with Crippen molar-refractivity contribution in [2.75, 3.05) is 5.32 Å². The Morgan fingerprint density at radius 2 is 1.91 bits per heavy atom. The number of rotatable bonds is 3. The Bertz CT molecular complexity index is 881. The van der Waals surface area contributed by atoms with Crippen molar-refractivity contribution in [3.05, 3.63) is 69.3 Å². The lowest BCUT2D eigenvalue weighted by Gasteiger charge is -2.19. The molecule has 0 bridgehead atoms. The van der Waals surface area contributed by atoms with Crippen LogP contribution < -0.4 is 5.32 Å². The Hall–Kier alpha value is -1.72. The van der Waals surface area contributed by atoms with Gasteiger partial charge in [0.2, 0.25) is 0 Å². The molecule has 118 valence electrons. The molecule has 1 atom stereocenters. The van der Waals surface area contributed by atoms with Crippen LogP contribution in [-0.4, -0.2) is 4.98 Å². The molecule has 3 rings (SSSR count). The minimum absolute atomic E-state index is 0.273. The minimum atomic E-state index is -0.458. The highest BCUT2D eigenvalue weighted by molar-refractivity contribution is 9.10. The summed E-state index contributed by atoms with van der Waals surface area (Å²) in [7, 11) is 0. The van der Waals surface area contributed by atoms with Crippen LogP contribution >= 0.6 is 27.5 Å². The number of halogens is 4. The zero-order chi connectivity index (χ0) is 16.6. The zero-order valence-corrected chi connectivity index (χ0v) is 14.4. The molecule has 0 spiro atoms. The van der Waals surface area contributed by atoms with Gasteiger partial charge in [-0.2, -0.15) is 0 Å². The number of hydrogen-bond donors (Lipinski definition) is 1. The highest BCUT2D eigenvalue weighted by atomic mass is 79.9. The fourth-order valence-electron chi connectivity index (χ4n) is 2.46. The summed E-state index contributed by atoms with van der Waals surface area (Å²) in [5.41, 5.74) is 1.34. The molecule has 3 aromatic rings. The number of nitrogens with zero attached hydrogens (tertiary/aromatic N) is 1. The summed E-state index contributed by atoms with van der Waals surface area (Å²) in [6.07, 6.45) is 1.45. The van der Waals surface area contributed by atoms with E-state index in [-0.39, 0.29) is 16.2 Å². The van der Waals surface area contributed by atoms with Gasteiger partial charge < -0.3 is 5.32 Å². The van der Waals surface area contributed by atoms with Gasteiger partial charge in [0.1, 0.15) is 11.6 Å². The summed E-state index contributed by atoms with van der Waals surface area (Å²) in [6.45, 7) is 1.79. The summed E-state index contributed by atoms with van der Waals surface area (Å²) in [5.74, 6) is -0.788. The second-order valence-corrected chi connectivity index (χ2v) is 6.39. The van der Waals surface area contributed by atoms with Crippen molar-refractivity contribution in [1.29, 1.82) is 0 Å². The van der Waals surface area contributed by atoms with Gasteiger partial charge >= 0.3 is 0 Å². The largest absolute Gasteiger partial charge is 0.377 e. The van der Waals surface area contributed by atoms with Crippen LogP contribution in [-0.2, 0) is 0 Å². The molecule has 0 aliphatic heterocycles. The molecule has 23 heavy (non-hydrogen) atoms. The van der Waals surface area contributed by atoms with E-state index in [2.05, 4.69) is 26.2 Å². The third-order valence-corrected chi connectivity index (χ3v) is 4.51. The molecule has 0 amide bonds. The number of anilines is 1. The number of nitrogens with one attached hydrogen (secondary N) is 1. The summed E-state index contributed by atoms with van der Waals surface area (Å²) >= 11 is 9.36. The minimum Gasteiger partial charge on any atom is -0.377 e. The summed E-state index contributed by atoms with van der Waals surface area (Å²) in [5, 5.41) is 3.65. The Morgan fingerprint density at radius 3 is 2.65 bits per heavy atom. The normalized spacial score (nSPS) is 12.4. The van der Waals surface area contributed by atoms with Crippen molar-refractivity contribution in [2.45, 2.75) is 13.0 Å². The van der Waals surface area contributed by atoms with Gasteiger partial charge in [0.05, 0.1) is 32.1 Å². The molecule has 0 unspecified atom stereocenters. The van der Waals surface area contributed by atoms with Crippen molar-refractivity contribution in [3.63, 3.8) is 0 Å². The maximum absolute atomic E-state index is 14.5. The number of hydrogen-bond acceptors (Lipinski definition) is 2. The van der Waals surface area contributed by atoms with Crippen LogP contribution in [0.25, 0.3) is 10.9 Å². The van der Waals surface area contributed by atoms with Gasteiger partial charge in [0.25, 0.3) is 0 Å². The molecule has 0 saturated heterocycles. The smallest absolute Gasteiger partial charge is 0.148 e. The van der Waals surface area contributed by atoms with Crippen LogP contribution in [0.4, 0.5) is 14.5 Å². The van der Waals surface area contributed by atoms with Crippen molar-refractivity contribution in [2.24, 2.45) is 0 Å². The Morgan fingerprint density at radius 1 is 1.17 bits per heavy atom. The van der Waals surface area contributed by atoms with E-state index < -0.39 is 11.9 Å². The Labute approximate surface area is 145 Å². The van der Waals surface area contributed by atoms with Gasteiger partial charge in [-0.25, -0.2) is 8.78 Å². The lowest BCUT2D eigenvalue weighted by atomic mass is 10.1. The number of fused-ring (bicyclic) bond motifs is 1. The number of aromatic nitrogens is 1. The van der Waals surface area contributed by atoms with Gasteiger partial charge in [-0.3, -0.25) is 4.98 Å². The van der Waals surface area contributed by atoms with Gasteiger partial charge in [-0.1, -0.05) is 29.8 Å². The summed E-state index contributed by atoms with van der Waals surface area (Å²) < 4.78 is 28.8. The Balaban J connectivity index is 2.11. The van der Waals surface area contributed by atoms with E-state index in [9.17, 15) is 8.78 Å². The molecule has 0 radical (unpaired) electrons. The van der Waals surface area contributed by atoms with Crippen LogP contribution in [0, 0.1) is 11.6 Å². The first-order valence-corrected chi connectivity index (χ1v) is 8.09. The standard InChI is InChI=1S/C17H12BrClF2N2/c1-9(10-4-2-3-5-13(10)20)23-17-12(19)8-22-14-7-6-11(18)16(21)15(14)17/h2-9H,1H3,(H,22,23)/t9-/m1/s1. The van der Waals surface area contributed by atoms with E-state index in [4.69, 9.17) is 11.6 Å². The molecule has 1 aromatic heterocycles. The molecular weight excluding hydrogens is 386 g/mol. The summed E-state index contributed by atoms with van der Waals surface area (Å²) in [6, 6.07) is 9.32. The van der Waals surface area contributed by atoms with E-state index in [1.54, 1.807) is 37.3 Å². The topological polar surface area (TPSA) is 24.9 Å². The predicted octanol–water partition coefficient (Wildman–Crippen LogP) is 6.10. The quantitative estimate of drug-likeness (QED) is 0.577. The van der Waals surface area contributed by atoms with Crippen LogP contribution in [0.3, 0.4) is 0 Å². The van der Waals surface area contributed by atoms with E-state index in [0.29, 0.717) is 21.2 Å². The van der Waals surface area contributed by atoms with Crippen LogP contribution in [0.5, 0.6) is 0 Å². The molecule has 1 heterocycles. The first-order valence-electron chi connectivity index (χ1n) is 6.92. The lowest BCUT2D eigenvalue weighted by molar-refractivity contribution is 0.600. The van der Waals surface area contributed by atoms with Crippen LogP contribution in [0.1, 0.15) is 18.5 Å². The molecular formula is C17H12BrClF2N2. The SMILES string of the molecule is C[C@@H](Nc1c(Cl)cnc2ccc(Br)c(F)c12)c1ccccc1F. The first kappa shape index (κ1) is 16.1. The average Bonchev–Trinajstić information content (AvgIpc) is 2.53. The molecule has 0 fully saturated rings. The molecule has 0 aliphatic carbocycles. The second kappa shape index (κ2) is 6.42. The lowest BCUT2D eigenvalue weighted by Crippen LogP contribution is -2.10. The highest BCUT2D eigenvalue weighted by Gasteiger charge is 2.17. The van der Waals surface area contributed by atoms with Crippen molar-refractivity contribution in [1.82, 2.24) is 4.98 Å². The fraction of sp³-hybridized carbons (Fsp3) is 0.118. The Kier molecular flexibility index (Phi) is 4.50.